The minimum atomic E-state index is -3.46. The van der Waals surface area contributed by atoms with Gasteiger partial charge in [0.1, 0.15) is 6.04 Å². The van der Waals surface area contributed by atoms with Gasteiger partial charge in [-0.25, -0.2) is 13.1 Å². The Morgan fingerprint density at radius 3 is 2.18 bits per heavy atom. The molecule has 0 aliphatic carbocycles. The van der Waals surface area contributed by atoms with Crippen LogP contribution in [0.15, 0.2) is 6.07 Å². The first-order valence-corrected chi connectivity index (χ1v) is 9.86. The van der Waals surface area contributed by atoms with Crippen molar-refractivity contribution in [2.45, 2.75) is 53.6 Å². The highest BCUT2D eigenvalue weighted by atomic mass is 32.2. The van der Waals surface area contributed by atoms with Crippen LogP contribution in [0.1, 0.15) is 49.1 Å². The highest BCUT2D eigenvalue weighted by Crippen LogP contribution is 2.27. The van der Waals surface area contributed by atoms with Crippen molar-refractivity contribution >= 4 is 27.3 Å². The third-order valence-electron chi connectivity index (χ3n) is 3.36. The van der Waals surface area contributed by atoms with Gasteiger partial charge in [0.25, 0.3) is 0 Å². The Morgan fingerprint density at radius 1 is 1.27 bits per heavy atom. The number of hydrogen-bond donors (Lipinski definition) is 2. The Morgan fingerprint density at radius 2 is 1.82 bits per heavy atom. The number of thiophene rings is 1. The van der Waals surface area contributed by atoms with Gasteiger partial charge in [0.05, 0.1) is 12.3 Å². The summed E-state index contributed by atoms with van der Waals surface area (Å²) in [5.41, 5.74) is 0.551. The fourth-order valence-electron chi connectivity index (χ4n) is 2.29. The second-order valence-electron chi connectivity index (χ2n) is 6.79. The van der Waals surface area contributed by atoms with Gasteiger partial charge in [-0.05, 0) is 37.8 Å². The van der Waals surface area contributed by atoms with Crippen LogP contribution in [0.2, 0.25) is 0 Å². The van der Waals surface area contributed by atoms with Gasteiger partial charge in [-0.15, -0.1) is 11.3 Å². The van der Waals surface area contributed by atoms with E-state index in [1.54, 1.807) is 11.3 Å². The molecule has 1 aromatic rings. The van der Waals surface area contributed by atoms with E-state index in [0.29, 0.717) is 0 Å². The molecule has 0 aromatic carbocycles. The van der Waals surface area contributed by atoms with Crippen molar-refractivity contribution in [3.05, 3.63) is 21.4 Å². The molecule has 2 N–H and O–H groups in total. The summed E-state index contributed by atoms with van der Waals surface area (Å²) in [6.45, 7) is 11.5. The quantitative estimate of drug-likeness (QED) is 0.860. The largest absolute Gasteiger partial charge is 0.348 e. The predicted molar refractivity (Wildman–Crippen MR) is 91.6 cm³/mol. The van der Waals surface area contributed by atoms with Gasteiger partial charge < -0.3 is 5.32 Å². The molecule has 2 unspecified atom stereocenters. The van der Waals surface area contributed by atoms with Crippen molar-refractivity contribution in [2.24, 2.45) is 5.41 Å². The Hall–Kier alpha value is -0.920. The molecular formula is C15H26N2O3S2. The average Bonchev–Trinajstić information content (AvgIpc) is 2.62. The zero-order chi connectivity index (χ0) is 17.3. The lowest BCUT2D eigenvalue weighted by molar-refractivity contribution is -0.125. The molecule has 0 aliphatic rings. The Kier molecular flexibility index (Phi) is 5.81. The summed E-state index contributed by atoms with van der Waals surface area (Å²) >= 11 is 1.69. The molecule has 5 nitrogen and oxygen atoms in total. The Labute approximate surface area is 137 Å². The van der Waals surface area contributed by atoms with Gasteiger partial charge >= 0.3 is 0 Å². The highest BCUT2D eigenvalue weighted by molar-refractivity contribution is 7.88. The standard InChI is InChI=1S/C15H26N2O3S2/c1-9-8-12(11(3)21-9)10(2)16-14(18)13(15(4,5)6)17-22(7,19)20/h8,10,13,17H,1-7H3,(H,16,18). The molecule has 0 saturated heterocycles. The molecule has 0 aliphatic heterocycles. The third-order valence-corrected chi connectivity index (χ3v) is 5.01. The van der Waals surface area contributed by atoms with Gasteiger partial charge in [-0.1, -0.05) is 20.8 Å². The summed E-state index contributed by atoms with van der Waals surface area (Å²) in [7, 11) is -3.46. The number of rotatable bonds is 5. The second kappa shape index (κ2) is 6.68. The second-order valence-corrected chi connectivity index (χ2v) is 10.0. The van der Waals surface area contributed by atoms with E-state index in [0.717, 1.165) is 16.7 Å². The molecule has 7 heteroatoms. The molecule has 126 valence electrons. The first-order valence-electron chi connectivity index (χ1n) is 7.16. The van der Waals surface area contributed by atoms with E-state index in [9.17, 15) is 13.2 Å². The minimum Gasteiger partial charge on any atom is -0.348 e. The smallest absolute Gasteiger partial charge is 0.239 e. The summed E-state index contributed by atoms with van der Waals surface area (Å²) in [6, 6.07) is 1.08. The number of carbonyl (C=O) groups is 1. The molecule has 1 rings (SSSR count). The molecule has 0 radical (unpaired) electrons. The summed E-state index contributed by atoms with van der Waals surface area (Å²) in [6.07, 6.45) is 1.06. The molecule has 0 saturated carbocycles. The molecule has 1 heterocycles. The molecule has 0 fully saturated rings. The van der Waals surface area contributed by atoms with Crippen molar-refractivity contribution < 1.29 is 13.2 Å². The van der Waals surface area contributed by atoms with E-state index in [4.69, 9.17) is 0 Å². The maximum atomic E-state index is 12.5. The van der Waals surface area contributed by atoms with E-state index in [2.05, 4.69) is 16.1 Å². The zero-order valence-corrected chi connectivity index (χ0v) is 15.9. The lowest BCUT2D eigenvalue weighted by Gasteiger charge is -2.30. The number of amides is 1. The van der Waals surface area contributed by atoms with Crippen molar-refractivity contribution in [2.75, 3.05) is 6.26 Å². The van der Waals surface area contributed by atoms with Crippen LogP contribution in [-0.4, -0.2) is 26.6 Å². The summed E-state index contributed by atoms with van der Waals surface area (Å²) < 4.78 is 25.5. The SMILES string of the molecule is Cc1cc(C(C)NC(=O)C(NS(C)(=O)=O)C(C)(C)C)c(C)s1. The molecular weight excluding hydrogens is 320 g/mol. The van der Waals surface area contributed by atoms with Crippen LogP contribution in [0, 0.1) is 19.3 Å². The van der Waals surface area contributed by atoms with Crippen LogP contribution in [0.25, 0.3) is 0 Å². The van der Waals surface area contributed by atoms with Crippen LogP contribution in [0.4, 0.5) is 0 Å². The van der Waals surface area contributed by atoms with Crippen LogP contribution in [-0.2, 0) is 14.8 Å². The highest BCUT2D eigenvalue weighted by Gasteiger charge is 2.34. The van der Waals surface area contributed by atoms with Gasteiger partial charge in [-0.2, -0.15) is 0 Å². The normalized spacial score (nSPS) is 15.4. The van der Waals surface area contributed by atoms with Crippen molar-refractivity contribution in [1.29, 1.82) is 0 Å². The number of sulfonamides is 1. The van der Waals surface area contributed by atoms with Crippen LogP contribution >= 0.6 is 11.3 Å². The van der Waals surface area contributed by atoms with Crippen molar-refractivity contribution in [3.63, 3.8) is 0 Å². The Bertz CT molecular complexity index is 642. The number of hydrogen-bond acceptors (Lipinski definition) is 4. The topological polar surface area (TPSA) is 75.3 Å². The molecule has 1 amide bonds. The van der Waals surface area contributed by atoms with Crippen LogP contribution in [0.5, 0.6) is 0 Å². The van der Waals surface area contributed by atoms with E-state index >= 15 is 0 Å². The number of nitrogens with one attached hydrogen (secondary N) is 2. The number of carbonyl (C=O) groups excluding carboxylic acids is 1. The fraction of sp³-hybridized carbons (Fsp3) is 0.667. The first kappa shape index (κ1) is 19.1. The van der Waals surface area contributed by atoms with Gasteiger partial charge in [0.2, 0.25) is 15.9 Å². The third kappa shape index (κ3) is 5.37. The Balaban J connectivity index is 2.94. The predicted octanol–water partition coefficient (Wildman–Crippen LogP) is 2.51. The molecule has 22 heavy (non-hydrogen) atoms. The molecule has 1 aromatic heterocycles. The lowest BCUT2D eigenvalue weighted by Crippen LogP contribution is -2.53. The zero-order valence-electron chi connectivity index (χ0n) is 14.3. The molecule has 0 bridgehead atoms. The minimum absolute atomic E-state index is 0.163. The lowest BCUT2D eigenvalue weighted by atomic mass is 9.86. The van der Waals surface area contributed by atoms with Crippen molar-refractivity contribution in [3.8, 4) is 0 Å². The summed E-state index contributed by atoms with van der Waals surface area (Å²) in [5.74, 6) is -0.311. The average molecular weight is 347 g/mol. The van der Waals surface area contributed by atoms with E-state index in [1.807, 2.05) is 41.5 Å². The molecule has 0 spiro atoms. The monoisotopic (exact) mass is 346 g/mol. The van der Waals surface area contributed by atoms with E-state index < -0.39 is 21.5 Å². The van der Waals surface area contributed by atoms with Crippen LogP contribution in [0.3, 0.4) is 0 Å². The maximum absolute atomic E-state index is 12.5. The van der Waals surface area contributed by atoms with Gasteiger partial charge in [0, 0.05) is 9.75 Å². The summed E-state index contributed by atoms with van der Waals surface area (Å²) in [5, 5.41) is 2.92. The van der Waals surface area contributed by atoms with Crippen LogP contribution < -0.4 is 10.0 Å². The fourth-order valence-corrected chi connectivity index (χ4v) is 4.20. The van der Waals surface area contributed by atoms with Gasteiger partial charge in [0.15, 0.2) is 0 Å². The maximum Gasteiger partial charge on any atom is 0.239 e. The van der Waals surface area contributed by atoms with Gasteiger partial charge in [-0.3, -0.25) is 4.79 Å². The number of aryl methyl sites for hydroxylation is 2. The first-order chi connectivity index (χ1) is 9.81. The molecule has 2 atom stereocenters. The van der Waals surface area contributed by atoms with E-state index in [-0.39, 0.29) is 11.9 Å². The summed E-state index contributed by atoms with van der Waals surface area (Å²) in [4.78, 5) is 14.9. The van der Waals surface area contributed by atoms with E-state index in [1.165, 1.54) is 4.88 Å². The van der Waals surface area contributed by atoms with Crippen molar-refractivity contribution in [1.82, 2.24) is 10.0 Å².